The van der Waals surface area contributed by atoms with Crippen LogP contribution in [-0.4, -0.2) is 32.3 Å². The summed E-state index contributed by atoms with van der Waals surface area (Å²) in [7, 11) is -4.16. The fourth-order valence-electron chi connectivity index (χ4n) is 1.75. The summed E-state index contributed by atoms with van der Waals surface area (Å²) >= 11 is 0. The molecule has 0 saturated carbocycles. The van der Waals surface area contributed by atoms with E-state index in [1.165, 1.54) is 12.1 Å². The number of ether oxygens (including phenoxy) is 1. The zero-order valence-corrected chi connectivity index (χ0v) is 16.2. The molecule has 0 aliphatic carbocycles. The zero-order valence-electron chi connectivity index (χ0n) is 15.4. The molecular weight excluding hydrogens is 370 g/mol. The van der Waals surface area contributed by atoms with Crippen LogP contribution in [0.1, 0.15) is 24.5 Å². The third-order valence-corrected chi connectivity index (χ3v) is 4.64. The van der Waals surface area contributed by atoms with E-state index in [2.05, 4.69) is 4.18 Å². The Labute approximate surface area is 159 Å². The normalized spacial score (nSPS) is 11.7. The van der Waals surface area contributed by atoms with E-state index in [4.69, 9.17) is 15.6 Å². The molecule has 0 spiro atoms. The maximum Gasteiger partial charge on any atom is 0.524 e. The third kappa shape index (κ3) is 8.67. The molecule has 0 aliphatic rings. The lowest BCUT2D eigenvalue weighted by Gasteiger charge is -2.07. The van der Waals surface area contributed by atoms with Crippen molar-refractivity contribution in [3.8, 4) is 0 Å². The number of hydrogen-bond acceptors (Lipinski definition) is 7. The van der Waals surface area contributed by atoms with Crippen molar-refractivity contribution in [2.75, 3.05) is 6.54 Å². The summed E-state index contributed by atoms with van der Waals surface area (Å²) in [6, 6.07) is 14.9. The van der Waals surface area contributed by atoms with E-state index in [-0.39, 0.29) is 17.6 Å². The molecule has 1 atom stereocenters. The van der Waals surface area contributed by atoms with Gasteiger partial charge in [0, 0.05) is 6.54 Å². The summed E-state index contributed by atoms with van der Waals surface area (Å²) < 4.78 is 32.8. The molecule has 1 unspecified atom stereocenters. The fraction of sp³-hybridized carbons (Fsp3) is 0.316. The van der Waals surface area contributed by atoms with Gasteiger partial charge in [-0.3, -0.25) is 0 Å². The van der Waals surface area contributed by atoms with E-state index in [9.17, 15) is 13.2 Å². The highest BCUT2D eigenvalue weighted by molar-refractivity contribution is 7.87. The quantitative estimate of drug-likeness (QED) is 0.570. The van der Waals surface area contributed by atoms with Crippen molar-refractivity contribution in [1.29, 1.82) is 0 Å². The lowest BCUT2D eigenvalue weighted by Crippen LogP contribution is -2.17. The molecule has 0 bridgehead atoms. The zero-order chi connectivity index (χ0) is 20.3. The Balaban J connectivity index is 0.000000527. The molecule has 0 amide bonds. The van der Waals surface area contributed by atoms with Crippen LogP contribution in [0.3, 0.4) is 0 Å². The fourth-order valence-corrected chi connectivity index (χ4v) is 2.54. The van der Waals surface area contributed by atoms with Gasteiger partial charge in [-0.25, -0.2) is 4.79 Å². The van der Waals surface area contributed by atoms with Crippen LogP contribution in [-0.2, 0) is 25.6 Å². The standard InChI is InChI=1S/C15H14O5S.C4H11NO/c1-12-7-9-14(10-8-12)21(17,18)20-15(16)19-11-13-5-3-2-4-6-13;1-2-4(6)3-5/h2-10H,11H2,1H3;4,6H,2-3,5H2,1H3. The van der Waals surface area contributed by atoms with Crippen molar-refractivity contribution >= 4 is 16.3 Å². The Bertz CT molecular complexity index is 787. The van der Waals surface area contributed by atoms with Gasteiger partial charge in [0.1, 0.15) is 11.5 Å². The molecule has 27 heavy (non-hydrogen) atoms. The summed E-state index contributed by atoms with van der Waals surface area (Å²) in [5.74, 6) is 0. The highest BCUT2D eigenvalue weighted by Crippen LogP contribution is 2.14. The van der Waals surface area contributed by atoms with Crippen LogP contribution in [0, 0.1) is 6.92 Å². The molecular formula is C19H25NO6S. The van der Waals surface area contributed by atoms with E-state index in [1.54, 1.807) is 36.4 Å². The van der Waals surface area contributed by atoms with Gasteiger partial charge in [-0.1, -0.05) is 55.0 Å². The Hall–Kier alpha value is -2.42. The molecule has 7 nitrogen and oxygen atoms in total. The molecule has 148 valence electrons. The van der Waals surface area contributed by atoms with Gasteiger partial charge >= 0.3 is 16.3 Å². The van der Waals surface area contributed by atoms with Gasteiger partial charge in [-0.15, -0.1) is 0 Å². The van der Waals surface area contributed by atoms with Gasteiger partial charge in [-0.2, -0.15) is 8.42 Å². The number of carbonyl (C=O) groups is 1. The molecule has 8 heteroatoms. The van der Waals surface area contributed by atoms with Crippen molar-refractivity contribution in [3.63, 3.8) is 0 Å². The smallest absolute Gasteiger partial charge is 0.429 e. The second-order valence-electron chi connectivity index (χ2n) is 5.67. The predicted molar refractivity (Wildman–Crippen MR) is 101 cm³/mol. The van der Waals surface area contributed by atoms with Crippen LogP contribution in [0.2, 0.25) is 0 Å². The van der Waals surface area contributed by atoms with Crippen molar-refractivity contribution in [2.24, 2.45) is 5.73 Å². The van der Waals surface area contributed by atoms with Crippen LogP contribution in [0.25, 0.3) is 0 Å². The van der Waals surface area contributed by atoms with E-state index < -0.39 is 16.3 Å². The van der Waals surface area contributed by atoms with Crippen LogP contribution >= 0.6 is 0 Å². The molecule has 2 rings (SSSR count). The number of rotatable bonds is 6. The van der Waals surface area contributed by atoms with Crippen molar-refractivity contribution in [3.05, 3.63) is 65.7 Å². The number of aryl methyl sites for hydroxylation is 1. The average molecular weight is 395 g/mol. The summed E-state index contributed by atoms with van der Waals surface area (Å²) in [5, 5.41) is 8.54. The number of aliphatic hydroxyl groups excluding tert-OH is 1. The number of aliphatic hydroxyl groups is 1. The summed E-state index contributed by atoms with van der Waals surface area (Å²) in [4.78, 5) is 11.4. The Morgan fingerprint density at radius 1 is 1.11 bits per heavy atom. The maximum atomic E-state index is 11.8. The van der Waals surface area contributed by atoms with E-state index in [0.717, 1.165) is 17.5 Å². The highest BCUT2D eigenvalue weighted by atomic mass is 32.2. The molecule has 3 N–H and O–H groups in total. The monoisotopic (exact) mass is 395 g/mol. The predicted octanol–water partition coefficient (Wildman–Crippen LogP) is 2.75. The average Bonchev–Trinajstić information content (AvgIpc) is 2.67. The number of hydrogen-bond donors (Lipinski definition) is 2. The molecule has 0 radical (unpaired) electrons. The Morgan fingerprint density at radius 3 is 2.19 bits per heavy atom. The molecule has 0 fully saturated rings. The largest absolute Gasteiger partial charge is 0.524 e. The lowest BCUT2D eigenvalue weighted by atomic mass is 10.2. The number of benzene rings is 2. The minimum atomic E-state index is -4.16. The molecule has 0 aromatic heterocycles. The van der Waals surface area contributed by atoms with Gasteiger partial charge in [0.05, 0.1) is 6.10 Å². The van der Waals surface area contributed by atoms with Crippen molar-refractivity contribution in [1.82, 2.24) is 0 Å². The Kier molecular flexibility index (Phi) is 9.49. The first-order valence-electron chi connectivity index (χ1n) is 8.38. The number of nitrogens with two attached hydrogens (primary N) is 1. The van der Waals surface area contributed by atoms with Gasteiger partial charge < -0.3 is 19.8 Å². The minimum Gasteiger partial charge on any atom is -0.429 e. The molecule has 2 aromatic rings. The van der Waals surface area contributed by atoms with Crippen LogP contribution < -0.4 is 5.73 Å². The van der Waals surface area contributed by atoms with Gasteiger partial charge in [0.25, 0.3) is 0 Å². The maximum absolute atomic E-state index is 11.8. The first kappa shape index (κ1) is 22.6. The van der Waals surface area contributed by atoms with Crippen LogP contribution in [0.5, 0.6) is 0 Å². The van der Waals surface area contributed by atoms with Gasteiger partial charge in [0.15, 0.2) is 0 Å². The summed E-state index contributed by atoms with van der Waals surface area (Å²) in [6.07, 6.45) is -0.777. The second kappa shape index (κ2) is 11.3. The first-order valence-corrected chi connectivity index (χ1v) is 9.79. The van der Waals surface area contributed by atoms with Crippen LogP contribution in [0.4, 0.5) is 4.79 Å². The van der Waals surface area contributed by atoms with Crippen LogP contribution in [0.15, 0.2) is 59.5 Å². The number of carbonyl (C=O) groups excluding carboxylic acids is 1. The highest BCUT2D eigenvalue weighted by Gasteiger charge is 2.21. The van der Waals surface area contributed by atoms with Crippen molar-refractivity contribution in [2.45, 2.75) is 37.9 Å². The van der Waals surface area contributed by atoms with E-state index >= 15 is 0 Å². The second-order valence-corrected chi connectivity index (χ2v) is 7.22. The van der Waals surface area contributed by atoms with E-state index in [1.807, 2.05) is 19.9 Å². The van der Waals surface area contributed by atoms with E-state index in [0.29, 0.717) is 6.54 Å². The minimum absolute atomic E-state index is 0.0525. The summed E-state index contributed by atoms with van der Waals surface area (Å²) in [6.45, 7) is 4.06. The summed E-state index contributed by atoms with van der Waals surface area (Å²) in [5.41, 5.74) is 6.67. The molecule has 0 saturated heterocycles. The SMILES string of the molecule is CCC(O)CN.Cc1ccc(S(=O)(=O)OC(=O)OCc2ccccc2)cc1. The molecule has 0 heterocycles. The Morgan fingerprint density at radius 2 is 1.70 bits per heavy atom. The van der Waals surface area contributed by atoms with Crippen molar-refractivity contribution < 1.29 is 27.2 Å². The molecule has 0 aliphatic heterocycles. The van der Waals surface area contributed by atoms with Gasteiger partial charge in [0.2, 0.25) is 0 Å². The lowest BCUT2D eigenvalue weighted by molar-refractivity contribution is 0.0950. The first-order chi connectivity index (χ1) is 12.8. The topological polar surface area (TPSA) is 116 Å². The third-order valence-electron chi connectivity index (χ3n) is 3.43. The molecule has 2 aromatic carbocycles. The van der Waals surface area contributed by atoms with Gasteiger partial charge in [-0.05, 0) is 31.0 Å².